The van der Waals surface area contributed by atoms with E-state index in [1.54, 1.807) is 24.3 Å². The zero-order valence-corrected chi connectivity index (χ0v) is 8.27. The van der Waals surface area contributed by atoms with E-state index < -0.39 is 0 Å². The topological polar surface area (TPSA) is 40.5 Å². The largest absolute Gasteiger partial charge is 0.508 e. The van der Waals surface area contributed by atoms with Gasteiger partial charge < -0.3 is 10.2 Å². The molecule has 2 heteroatoms. The lowest BCUT2D eigenvalue weighted by atomic mass is 10.2. The van der Waals surface area contributed by atoms with Crippen molar-refractivity contribution >= 4 is 0 Å². The van der Waals surface area contributed by atoms with Gasteiger partial charge in [-0.15, -0.1) is 0 Å². The van der Waals surface area contributed by atoms with E-state index in [2.05, 4.69) is 13.8 Å². The Bertz CT molecular complexity index is 195. The smallest absolute Gasteiger partial charge is 0.115 e. The molecule has 0 radical (unpaired) electrons. The minimum atomic E-state index is 0.322. The van der Waals surface area contributed by atoms with Crippen molar-refractivity contribution in [2.75, 3.05) is 6.61 Å². The van der Waals surface area contributed by atoms with Crippen LogP contribution in [-0.4, -0.2) is 16.8 Å². The molecule has 0 aliphatic rings. The van der Waals surface area contributed by atoms with Gasteiger partial charge in [0.2, 0.25) is 0 Å². The Labute approximate surface area is 79.9 Å². The molecule has 0 heterocycles. The first-order valence-corrected chi connectivity index (χ1v) is 4.51. The van der Waals surface area contributed by atoms with Crippen LogP contribution in [-0.2, 0) is 0 Å². The molecule has 0 fully saturated rings. The number of benzene rings is 1. The second-order valence-corrected chi connectivity index (χ2v) is 3.24. The van der Waals surface area contributed by atoms with Crippen molar-refractivity contribution in [2.45, 2.75) is 20.3 Å². The maximum absolute atomic E-state index is 8.63. The molecule has 0 amide bonds. The SMILES string of the molecule is CC(C)CCO.Oc1ccccc1. The van der Waals surface area contributed by atoms with Crippen LogP contribution in [0, 0.1) is 5.92 Å². The Balaban J connectivity index is 0.000000226. The molecule has 74 valence electrons. The molecule has 0 spiro atoms. The second kappa shape index (κ2) is 7.62. The summed E-state index contributed by atoms with van der Waals surface area (Å²) in [7, 11) is 0. The van der Waals surface area contributed by atoms with Crippen molar-refractivity contribution in [1.82, 2.24) is 0 Å². The highest BCUT2D eigenvalue weighted by Crippen LogP contribution is 2.02. The van der Waals surface area contributed by atoms with Gasteiger partial charge >= 0.3 is 0 Å². The molecule has 0 aliphatic heterocycles. The Morgan fingerprint density at radius 3 is 1.85 bits per heavy atom. The summed E-state index contributed by atoms with van der Waals surface area (Å²) >= 11 is 0. The lowest BCUT2D eigenvalue weighted by Gasteiger charge is -1.95. The molecular formula is C11H18O2. The van der Waals surface area contributed by atoms with Crippen LogP contribution >= 0.6 is 0 Å². The molecule has 1 rings (SSSR count). The van der Waals surface area contributed by atoms with Crippen LogP contribution in [0.15, 0.2) is 30.3 Å². The van der Waals surface area contributed by atoms with Gasteiger partial charge in [-0.3, -0.25) is 0 Å². The average Bonchev–Trinajstić information content (AvgIpc) is 2.06. The Morgan fingerprint density at radius 2 is 1.69 bits per heavy atom. The number of aliphatic hydroxyl groups is 1. The van der Waals surface area contributed by atoms with Gasteiger partial charge in [0, 0.05) is 6.61 Å². The standard InChI is InChI=1S/C6H6O.C5H12O/c7-6-4-2-1-3-5-6;1-5(2)3-4-6/h1-5,7H;5-6H,3-4H2,1-2H3. The lowest BCUT2D eigenvalue weighted by molar-refractivity contribution is 0.268. The zero-order valence-electron chi connectivity index (χ0n) is 8.27. The average molecular weight is 182 g/mol. The monoisotopic (exact) mass is 182 g/mol. The molecule has 0 aromatic heterocycles. The highest BCUT2D eigenvalue weighted by Gasteiger charge is 1.86. The van der Waals surface area contributed by atoms with Crippen molar-refractivity contribution in [1.29, 1.82) is 0 Å². The third kappa shape index (κ3) is 8.89. The van der Waals surface area contributed by atoms with Crippen LogP contribution < -0.4 is 0 Å². The molecule has 0 saturated heterocycles. The molecule has 0 unspecified atom stereocenters. The predicted molar refractivity (Wildman–Crippen MR) is 54.6 cm³/mol. The van der Waals surface area contributed by atoms with Gasteiger partial charge in [-0.1, -0.05) is 32.0 Å². The van der Waals surface area contributed by atoms with Gasteiger partial charge in [-0.2, -0.15) is 0 Å². The van der Waals surface area contributed by atoms with E-state index in [0.717, 1.165) is 6.42 Å². The fourth-order valence-corrected chi connectivity index (χ4v) is 0.686. The molecule has 13 heavy (non-hydrogen) atoms. The lowest BCUT2D eigenvalue weighted by Crippen LogP contribution is -1.89. The molecular weight excluding hydrogens is 164 g/mol. The van der Waals surface area contributed by atoms with Crippen LogP contribution in [0.1, 0.15) is 20.3 Å². The number of hydrogen-bond acceptors (Lipinski definition) is 2. The highest BCUT2D eigenvalue weighted by molar-refractivity contribution is 5.18. The number of para-hydroxylation sites is 1. The Hall–Kier alpha value is -1.02. The molecule has 1 aromatic carbocycles. The normalized spacial score (nSPS) is 9.23. The zero-order chi connectivity index (χ0) is 10.1. The number of phenolic OH excluding ortho intramolecular Hbond substituents is 1. The van der Waals surface area contributed by atoms with E-state index in [9.17, 15) is 0 Å². The molecule has 0 aliphatic carbocycles. The first-order chi connectivity index (χ1) is 6.16. The summed E-state index contributed by atoms with van der Waals surface area (Å²) in [4.78, 5) is 0. The summed E-state index contributed by atoms with van der Waals surface area (Å²) in [5, 5.41) is 16.9. The number of aromatic hydroxyl groups is 1. The number of rotatable bonds is 2. The van der Waals surface area contributed by atoms with Crippen molar-refractivity contribution < 1.29 is 10.2 Å². The van der Waals surface area contributed by atoms with E-state index in [1.807, 2.05) is 6.07 Å². The minimum Gasteiger partial charge on any atom is -0.508 e. The molecule has 0 atom stereocenters. The van der Waals surface area contributed by atoms with Gasteiger partial charge in [0.15, 0.2) is 0 Å². The molecule has 2 N–H and O–H groups in total. The first-order valence-electron chi connectivity index (χ1n) is 4.51. The van der Waals surface area contributed by atoms with E-state index in [-0.39, 0.29) is 0 Å². The quantitative estimate of drug-likeness (QED) is 0.737. The fourth-order valence-electron chi connectivity index (χ4n) is 0.686. The summed E-state index contributed by atoms with van der Waals surface area (Å²) in [5.41, 5.74) is 0. The van der Waals surface area contributed by atoms with Crippen LogP contribution in [0.25, 0.3) is 0 Å². The van der Waals surface area contributed by atoms with E-state index in [0.29, 0.717) is 18.3 Å². The van der Waals surface area contributed by atoms with Gasteiger partial charge in [0.1, 0.15) is 5.75 Å². The van der Waals surface area contributed by atoms with Crippen molar-refractivity contribution in [3.8, 4) is 5.75 Å². The summed E-state index contributed by atoms with van der Waals surface area (Å²) in [6.07, 6.45) is 0.931. The third-order valence-electron chi connectivity index (χ3n) is 1.46. The summed E-state index contributed by atoms with van der Waals surface area (Å²) in [6.45, 7) is 4.52. The minimum absolute atomic E-state index is 0.322. The molecule has 0 saturated carbocycles. The van der Waals surface area contributed by atoms with E-state index in [4.69, 9.17) is 10.2 Å². The van der Waals surface area contributed by atoms with Crippen LogP contribution in [0.3, 0.4) is 0 Å². The van der Waals surface area contributed by atoms with Crippen LogP contribution in [0.5, 0.6) is 5.75 Å². The number of aliphatic hydroxyl groups excluding tert-OH is 1. The Morgan fingerprint density at radius 1 is 1.15 bits per heavy atom. The van der Waals surface area contributed by atoms with E-state index in [1.165, 1.54) is 0 Å². The highest BCUT2D eigenvalue weighted by atomic mass is 16.3. The van der Waals surface area contributed by atoms with Gasteiger partial charge in [-0.25, -0.2) is 0 Å². The van der Waals surface area contributed by atoms with Gasteiger partial charge in [-0.05, 0) is 24.5 Å². The maximum Gasteiger partial charge on any atom is 0.115 e. The maximum atomic E-state index is 8.63. The van der Waals surface area contributed by atoms with E-state index >= 15 is 0 Å². The van der Waals surface area contributed by atoms with Crippen molar-refractivity contribution in [3.05, 3.63) is 30.3 Å². The van der Waals surface area contributed by atoms with Crippen molar-refractivity contribution in [3.63, 3.8) is 0 Å². The fraction of sp³-hybridized carbons (Fsp3) is 0.455. The molecule has 0 bridgehead atoms. The predicted octanol–water partition coefficient (Wildman–Crippen LogP) is 2.42. The third-order valence-corrected chi connectivity index (χ3v) is 1.46. The number of hydrogen-bond donors (Lipinski definition) is 2. The molecule has 2 nitrogen and oxygen atoms in total. The molecule has 1 aromatic rings. The Kier molecular flexibility index (Phi) is 7.02. The van der Waals surface area contributed by atoms with Crippen LogP contribution in [0.4, 0.5) is 0 Å². The summed E-state index contributed by atoms with van der Waals surface area (Å²) in [6, 6.07) is 8.71. The van der Waals surface area contributed by atoms with Crippen LogP contribution in [0.2, 0.25) is 0 Å². The summed E-state index contributed by atoms with van der Waals surface area (Å²) in [5.74, 6) is 0.970. The van der Waals surface area contributed by atoms with Gasteiger partial charge in [0.05, 0.1) is 0 Å². The second-order valence-electron chi connectivity index (χ2n) is 3.24. The first kappa shape index (κ1) is 12.0. The van der Waals surface area contributed by atoms with Crippen molar-refractivity contribution in [2.24, 2.45) is 5.92 Å². The summed E-state index contributed by atoms with van der Waals surface area (Å²) < 4.78 is 0. The number of phenols is 1. The van der Waals surface area contributed by atoms with Gasteiger partial charge in [0.25, 0.3) is 0 Å².